The number of benzene rings is 1. The molecular weight excluding hydrogens is 184 g/mol. The Labute approximate surface area is 87.6 Å². The Balaban J connectivity index is 2.60. The molecule has 0 N–H and O–H groups in total. The highest BCUT2D eigenvalue weighted by atomic mass is 14.7. The Kier molecular flexibility index (Phi) is 1.68. The van der Waals surface area contributed by atoms with Crippen LogP contribution < -0.4 is 0 Å². The van der Waals surface area contributed by atoms with Crippen LogP contribution >= 0.6 is 0 Å². The van der Waals surface area contributed by atoms with Crippen molar-refractivity contribution in [2.75, 3.05) is 0 Å². The molecule has 1 aromatic carbocycles. The van der Waals surface area contributed by atoms with Gasteiger partial charge in [-0.3, -0.25) is 9.97 Å². The number of rotatable bonds is 0. The average molecular weight is 194 g/mol. The van der Waals surface area contributed by atoms with Crippen molar-refractivity contribution in [3.05, 3.63) is 48.3 Å². The first-order chi connectivity index (χ1) is 7.36. The van der Waals surface area contributed by atoms with Gasteiger partial charge in [0.05, 0.1) is 11.0 Å². The largest absolute Gasteiger partial charge is 0.255 e. The van der Waals surface area contributed by atoms with Crippen molar-refractivity contribution in [3.63, 3.8) is 0 Å². The summed E-state index contributed by atoms with van der Waals surface area (Å²) in [5.41, 5.74) is 3.27. The van der Waals surface area contributed by atoms with E-state index in [0.29, 0.717) is 0 Å². The number of hydrogen-bond donors (Lipinski definition) is 0. The Hall–Kier alpha value is -1.96. The van der Waals surface area contributed by atoms with E-state index in [-0.39, 0.29) is 0 Å². The summed E-state index contributed by atoms with van der Waals surface area (Å²) < 4.78 is 0. The van der Waals surface area contributed by atoms with Gasteiger partial charge in [-0.1, -0.05) is 18.2 Å². The van der Waals surface area contributed by atoms with Crippen molar-refractivity contribution < 1.29 is 0 Å². The van der Waals surface area contributed by atoms with E-state index in [4.69, 9.17) is 0 Å². The third-order valence-corrected chi connectivity index (χ3v) is 2.66. The molecule has 3 rings (SSSR count). The number of nitrogens with zero attached hydrogens (tertiary/aromatic N) is 2. The SMILES string of the molecule is Cc1cccc2c1ncc1cccnc12. The highest BCUT2D eigenvalue weighted by molar-refractivity contribution is 6.03. The van der Waals surface area contributed by atoms with Crippen LogP contribution in [0, 0.1) is 6.92 Å². The van der Waals surface area contributed by atoms with Gasteiger partial charge in [0.2, 0.25) is 0 Å². The van der Waals surface area contributed by atoms with Crippen molar-refractivity contribution >= 4 is 21.8 Å². The van der Waals surface area contributed by atoms with Crippen LogP contribution in [0.25, 0.3) is 21.8 Å². The van der Waals surface area contributed by atoms with E-state index >= 15 is 0 Å². The van der Waals surface area contributed by atoms with E-state index in [2.05, 4.69) is 29.0 Å². The molecule has 2 heterocycles. The third kappa shape index (κ3) is 1.18. The fourth-order valence-corrected chi connectivity index (χ4v) is 1.90. The van der Waals surface area contributed by atoms with Crippen LogP contribution in [0.2, 0.25) is 0 Å². The van der Waals surface area contributed by atoms with Gasteiger partial charge in [-0.15, -0.1) is 0 Å². The van der Waals surface area contributed by atoms with Crippen molar-refractivity contribution in [1.29, 1.82) is 0 Å². The summed E-state index contributed by atoms with van der Waals surface area (Å²) in [4.78, 5) is 8.88. The zero-order chi connectivity index (χ0) is 10.3. The first kappa shape index (κ1) is 8.36. The molecule has 0 aliphatic rings. The Morgan fingerprint density at radius 3 is 2.80 bits per heavy atom. The summed E-state index contributed by atoms with van der Waals surface area (Å²) in [5.74, 6) is 0. The second-order valence-electron chi connectivity index (χ2n) is 3.67. The molecule has 2 nitrogen and oxygen atoms in total. The van der Waals surface area contributed by atoms with Crippen molar-refractivity contribution in [2.45, 2.75) is 6.92 Å². The second-order valence-corrected chi connectivity index (χ2v) is 3.67. The lowest BCUT2D eigenvalue weighted by Crippen LogP contribution is -1.86. The van der Waals surface area contributed by atoms with Gasteiger partial charge in [-0.05, 0) is 24.6 Å². The molecule has 0 atom stereocenters. The van der Waals surface area contributed by atoms with Gasteiger partial charge < -0.3 is 0 Å². The Morgan fingerprint density at radius 2 is 1.87 bits per heavy atom. The average Bonchev–Trinajstić information content (AvgIpc) is 2.29. The second kappa shape index (κ2) is 3.02. The molecule has 2 heteroatoms. The minimum Gasteiger partial charge on any atom is -0.255 e. The van der Waals surface area contributed by atoms with E-state index in [0.717, 1.165) is 21.8 Å². The van der Waals surface area contributed by atoms with E-state index in [1.165, 1.54) is 5.56 Å². The standard InChI is InChI=1S/C13H10N2/c1-9-4-2-6-11-12(9)15-8-10-5-3-7-14-13(10)11/h2-8H,1H3. The third-order valence-electron chi connectivity index (χ3n) is 2.66. The lowest BCUT2D eigenvalue weighted by atomic mass is 10.1. The van der Waals surface area contributed by atoms with Crippen LogP contribution in [0.15, 0.2) is 42.7 Å². The highest BCUT2D eigenvalue weighted by Gasteiger charge is 2.03. The van der Waals surface area contributed by atoms with E-state index in [1.54, 1.807) is 0 Å². The van der Waals surface area contributed by atoms with Gasteiger partial charge in [0.15, 0.2) is 0 Å². The van der Waals surface area contributed by atoms with E-state index in [9.17, 15) is 0 Å². The van der Waals surface area contributed by atoms with Gasteiger partial charge in [0.25, 0.3) is 0 Å². The lowest BCUT2D eigenvalue weighted by molar-refractivity contribution is 1.36. The molecule has 3 aromatic rings. The predicted molar refractivity (Wildman–Crippen MR) is 61.8 cm³/mol. The molecule has 0 aliphatic carbocycles. The van der Waals surface area contributed by atoms with Crippen LogP contribution in [0.3, 0.4) is 0 Å². The highest BCUT2D eigenvalue weighted by Crippen LogP contribution is 2.22. The van der Waals surface area contributed by atoms with Gasteiger partial charge >= 0.3 is 0 Å². The van der Waals surface area contributed by atoms with E-state index in [1.807, 2.05) is 30.6 Å². The normalized spacial score (nSPS) is 11.0. The first-order valence-electron chi connectivity index (χ1n) is 4.95. The fraction of sp³-hybridized carbons (Fsp3) is 0.0769. The van der Waals surface area contributed by atoms with Crippen molar-refractivity contribution in [3.8, 4) is 0 Å². The van der Waals surface area contributed by atoms with Crippen LogP contribution in [0.1, 0.15) is 5.56 Å². The molecule has 0 radical (unpaired) electrons. The molecule has 72 valence electrons. The number of fused-ring (bicyclic) bond motifs is 3. The smallest absolute Gasteiger partial charge is 0.0811 e. The summed E-state index contributed by atoms with van der Waals surface area (Å²) in [6.07, 6.45) is 3.71. The van der Waals surface area contributed by atoms with Crippen LogP contribution in [-0.4, -0.2) is 9.97 Å². The topological polar surface area (TPSA) is 25.8 Å². The quantitative estimate of drug-likeness (QED) is 0.514. The minimum atomic E-state index is 1.03. The maximum atomic E-state index is 4.47. The first-order valence-corrected chi connectivity index (χ1v) is 4.95. The molecule has 0 aliphatic heterocycles. The molecule has 0 fully saturated rings. The summed E-state index contributed by atoms with van der Waals surface area (Å²) in [7, 11) is 0. The van der Waals surface area contributed by atoms with Gasteiger partial charge in [0, 0.05) is 23.2 Å². The summed E-state index contributed by atoms with van der Waals surface area (Å²) in [6.45, 7) is 2.07. The summed E-state index contributed by atoms with van der Waals surface area (Å²) in [5, 5.41) is 2.23. The monoisotopic (exact) mass is 194 g/mol. The maximum absolute atomic E-state index is 4.47. The minimum absolute atomic E-state index is 1.03. The molecular formula is C13H10N2. The molecule has 0 saturated carbocycles. The Bertz CT molecular complexity index is 644. The van der Waals surface area contributed by atoms with Gasteiger partial charge in [0.1, 0.15) is 0 Å². The predicted octanol–water partition coefficient (Wildman–Crippen LogP) is 3.09. The number of para-hydroxylation sites is 1. The molecule has 2 aromatic heterocycles. The molecule has 0 saturated heterocycles. The van der Waals surface area contributed by atoms with Crippen LogP contribution in [0.4, 0.5) is 0 Å². The van der Waals surface area contributed by atoms with Crippen molar-refractivity contribution in [2.24, 2.45) is 0 Å². The number of aryl methyl sites for hydroxylation is 1. The lowest BCUT2D eigenvalue weighted by Gasteiger charge is -2.03. The summed E-state index contributed by atoms with van der Waals surface area (Å²) in [6, 6.07) is 10.2. The fourth-order valence-electron chi connectivity index (χ4n) is 1.90. The molecule has 0 unspecified atom stereocenters. The van der Waals surface area contributed by atoms with Crippen LogP contribution in [0.5, 0.6) is 0 Å². The number of aromatic nitrogens is 2. The molecule has 15 heavy (non-hydrogen) atoms. The van der Waals surface area contributed by atoms with Crippen molar-refractivity contribution in [1.82, 2.24) is 9.97 Å². The maximum Gasteiger partial charge on any atom is 0.0811 e. The molecule has 0 bridgehead atoms. The number of hydrogen-bond acceptors (Lipinski definition) is 2. The number of pyridine rings is 2. The Morgan fingerprint density at radius 1 is 0.933 bits per heavy atom. The summed E-state index contributed by atoms with van der Waals surface area (Å²) >= 11 is 0. The zero-order valence-corrected chi connectivity index (χ0v) is 8.44. The molecule has 0 spiro atoms. The van der Waals surface area contributed by atoms with Crippen LogP contribution in [-0.2, 0) is 0 Å². The van der Waals surface area contributed by atoms with Gasteiger partial charge in [-0.2, -0.15) is 0 Å². The zero-order valence-electron chi connectivity index (χ0n) is 8.44. The molecule has 0 amide bonds. The van der Waals surface area contributed by atoms with Gasteiger partial charge in [-0.25, -0.2) is 0 Å². The van der Waals surface area contributed by atoms with E-state index < -0.39 is 0 Å².